The third kappa shape index (κ3) is 1.79. The van der Waals surface area contributed by atoms with Gasteiger partial charge in [-0.1, -0.05) is 0 Å². The summed E-state index contributed by atoms with van der Waals surface area (Å²) in [5, 5.41) is 0. The molecule has 1 aromatic carbocycles. The number of pyridine rings is 1. The molecule has 5 nitrogen and oxygen atoms in total. The highest BCUT2D eigenvalue weighted by atomic mass is 16.6. The maximum atomic E-state index is 5.60. The maximum absolute atomic E-state index is 5.60. The van der Waals surface area contributed by atoms with Crippen LogP contribution in [-0.2, 0) is 0 Å². The van der Waals surface area contributed by atoms with Crippen molar-refractivity contribution in [2.45, 2.75) is 6.92 Å². The third-order valence-corrected chi connectivity index (χ3v) is 3.29. The molecule has 100 valence electrons. The van der Waals surface area contributed by atoms with E-state index < -0.39 is 0 Å². The minimum Gasteiger partial charge on any atom is -0.486 e. The number of H-pyrrole nitrogens is 1. The van der Waals surface area contributed by atoms with Gasteiger partial charge in [0.25, 0.3) is 0 Å². The van der Waals surface area contributed by atoms with Crippen LogP contribution in [0.15, 0.2) is 30.5 Å². The van der Waals surface area contributed by atoms with Crippen molar-refractivity contribution in [1.82, 2.24) is 15.0 Å². The van der Waals surface area contributed by atoms with E-state index in [1.165, 1.54) is 0 Å². The van der Waals surface area contributed by atoms with E-state index in [4.69, 9.17) is 9.47 Å². The summed E-state index contributed by atoms with van der Waals surface area (Å²) in [6.45, 7) is 3.19. The second-order valence-corrected chi connectivity index (χ2v) is 4.83. The Morgan fingerprint density at radius 2 is 1.95 bits per heavy atom. The Morgan fingerprint density at radius 1 is 1.10 bits per heavy atom. The molecule has 0 radical (unpaired) electrons. The largest absolute Gasteiger partial charge is 0.486 e. The van der Waals surface area contributed by atoms with Gasteiger partial charge in [0.05, 0.1) is 5.52 Å². The minimum absolute atomic E-state index is 0.581. The van der Waals surface area contributed by atoms with Crippen LogP contribution in [0.1, 0.15) is 5.56 Å². The molecule has 0 amide bonds. The van der Waals surface area contributed by atoms with Crippen molar-refractivity contribution in [1.29, 1.82) is 0 Å². The molecule has 0 saturated carbocycles. The van der Waals surface area contributed by atoms with E-state index in [2.05, 4.69) is 15.0 Å². The molecule has 0 unspecified atom stereocenters. The quantitative estimate of drug-likeness (QED) is 0.736. The first-order valence-electron chi connectivity index (χ1n) is 6.52. The summed E-state index contributed by atoms with van der Waals surface area (Å²) in [7, 11) is 0. The number of fused-ring (bicyclic) bond motifs is 2. The van der Waals surface area contributed by atoms with Crippen molar-refractivity contribution in [2.24, 2.45) is 0 Å². The van der Waals surface area contributed by atoms with Crippen LogP contribution in [0.4, 0.5) is 0 Å². The molecule has 20 heavy (non-hydrogen) atoms. The van der Waals surface area contributed by atoms with Crippen LogP contribution in [0.25, 0.3) is 22.6 Å². The molecular formula is C15H13N3O2. The number of hydrogen-bond donors (Lipinski definition) is 1. The molecule has 0 spiro atoms. The highest BCUT2D eigenvalue weighted by molar-refractivity contribution is 5.76. The molecule has 1 aliphatic heterocycles. The fourth-order valence-electron chi connectivity index (χ4n) is 2.33. The summed E-state index contributed by atoms with van der Waals surface area (Å²) < 4.78 is 11.1. The zero-order chi connectivity index (χ0) is 13.5. The number of aromatic amines is 1. The van der Waals surface area contributed by atoms with E-state index in [1.54, 1.807) is 0 Å². The average molecular weight is 267 g/mol. The Bertz CT molecular complexity index is 795. The van der Waals surface area contributed by atoms with Crippen LogP contribution in [0.3, 0.4) is 0 Å². The monoisotopic (exact) mass is 267 g/mol. The lowest BCUT2D eigenvalue weighted by atomic mass is 10.2. The number of aryl methyl sites for hydroxylation is 1. The Kier molecular flexibility index (Phi) is 2.39. The molecule has 5 heteroatoms. The Hall–Kier alpha value is -2.56. The zero-order valence-electron chi connectivity index (χ0n) is 11.0. The van der Waals surface area contributed by atoms with Gasteiger partial charge in [-0.2, -0.15) is 0 Å². The van der Waals surface area contributed by atoms with Gasteiger partial charge in [0.1, 0.15) is 19.0 Å². The van der Waals surface area contributed by atoms with Crippen molar-refractivity contribution in [3.8, 4) is 22.9 Å². The van der Waals surface area contributed by atoms with Crippen LogP contribution in [0.2, 0.25) is 0 Å². The number of benzene rings is 1. The molecular weight excluding hydrogens is 254 g/mol. The lowest BCUT2D eigenvalue weighted by Gasteiger charge is -2.18. The maximum Gasteiger partial charge on any atom is 0.178 e. The summed E-state index contributed by atoms with van der Waals surface area (Å²) in [5.41, 5.74) is 3.73. The SMILES string of the molecule is Cc1cnc2nc(-c3ccc4c(c3)OCCO4)[nH]c2c1. The summed E-state index contributed by atoms with van der Waals surface area (Å²) in [5.74, 6) is 2.33. The van der Waals surface area contributed by atoms with Crippen molar-refractivity contribution >= 4 is 11.2 Å². The first-order chi connectivity index (χ1) is 9.79. The number of imidazole rings is 1. The molecule has 3 heterocycles. The summed E-state index contributed by atoms with van der Waals surface area (Å²) in [4.78, 5) is 12.1. The van der Waals surface area contributed by atoms with E-state index in [9.17, 15) is 0 Å². The van der Waals surface area contributed by atoms with Gasteiger partial charge in [-0.15, -0.1) is 0 Å². The summed E-state index contributed by atoms with van der Waals surface area (Å²) >= 11 is 0. The van der Waals surface area contributed by atoms with E-state index in [-0.39, 0.29) is 0 Å². The fraction of sp³-hybridized carbons (Fsp3) is 0.200. The van der Waals surface area contributed by atoms with Crippen molar-refractivity contribution < 1.29 is 9.47 Å². The van der Waals surface area contributed by atoms with Gasteiger partial charge >= 0.3 is 0 Å². The first kappa shape index (κ1) is 11.3. The van der Waals surface area contributed by atoms with E-state index in [0.717, 1.165) is 39.6 Å². The van der Waals surface area contributed by atoms with E-state index in [0.29, 0.717) is 13.2 Å². The lowest BCUT2D eigenvalue weighted by molar-refractivity contribution is 0.171. The number of rotatable bonds is 1. The first-order valence-corrected chi connectivity index (χ1v) is 6.52. The number of ether oxygens (including phenoxy) is 2. The molecule has 0 saturated heterocycles. The smallest absolute Gasteiger partial charge is 0.178 e. The standard InChI is InChI=1S/C15H13N3O2/c1-9-6-11-15(16-8-9)18-14(17-11)10-2-3-12-13(7-10)20-5-4-19-12/h2-3,6-8H,4-5H2,1H3,(H,16,17,18). The van der Waals surface area contributed by atoms with Crippen LogP contribution in [0.5, 0.6) is 11.5 Å². The predicted molar refractivity (Wildman–Crippen MR) is 75.1 cm³/mol. The number of nitrogens with zero attached hydrogens (tertiary/aromatic N) is 2. The topological polar surface area (TPSA) is 60.0 Å². The lowest BCUT2D eigenvalue weighted by Crippen LogP contribution is -2.15. The van der Waals surface area contributed by atoms with Gasteiger partial charge in [0.2, 0.25) is 0 Å². The number of nitrogens with one attached hydrogen (secondary N) is 1. The second-order valence-electron chi connectivity index (χ2n) is 4.83. The van der Waals surface area contributed by atoms with Crippen LogP contribution in [-0.4, -0.2) is 28.2 Å². The number of aromatic nitrogens is 3. The predicted octanol–water partition coefficient (Wildman–Crippen LogP) is 2.70. The second kappa shape index (κ2) is 4.23. The fourth-order valence-corrected chi connectivity index (χ4v) is 2.33. The Balaban J connectivity index is 1.82. The van der Waals surface area contributed by atoms with E-state index >= 15 is 0 Å². The molecule has 0 atom stereocenters. The Labute approximate surface area is 115 Å². The molecule has 3 aromatic rings. The summed E-state index contributed by atoms with van der Waals surface area (Å²) in [6, 6.07) is 7.86. The average Bonchev–Trinajstić information content (AvgIpc) is 2.89. The van der Waals surface area contributed by atoms with Crippen molar-refractivity contribution in [3.05, 3.63) is 36.0 Å². The van der Waals surface area contributed by atoms with Gasteiger partial charge in [-0.25, -0.2) is 9.97 Å². The third-order valence-electron chi connectivity index (χ3n) is 3.29. The number of hydrogen-bond acceptors (Lipinski definition) is 4. The van der Waals surface area contributed by atoms with Gasteiger partial charge in [-0.05, 0) is 36.8 Å². The molecule has 2 aromatic heterocycles. The van der Waals surface area contributed by atoms with Crippen LogP contribution in [0, 0.1) is 6.92 Å². The molecule has 0 bridgehead atoms. The Morgan fingerprint density at radius 3 is 2.85 bits per heavy atom. The highest BCUT2D eigenvalue weighted by Gasteiger charge is 2.14. The molecule has 0 aliphatic carbocycles. The van der Waals surface area contributed by atoms with E-state index in [1.807, 2.05) is 37.4 Å². The van der Waals surface area contributed by atoms with Gasteiger partial charge in [0, 0.05) is 11.8 Å². The summed E-state index contributed by atoms with van der Waals surface area (Å²) in [6.07, 6.45) is 1.82. The van der Waals surface area contributed by atoms with Crippen molar-refractivity contribution in [2.75, 3.05) is 13.2 Å². The molecule has 1 aliphatic rings. The van der Waals surface area contributed by atoms with Crippen molar-refractivity contribution in [3.63, 3.8) is 0 Å². The zero-order valence-corrected chi connectivity index (χ0v) is 11.0. The molecule has 1 N–H and O–H groups in total. The van der Waals surface area contributed by atoms with Crippen LogP contribution >= 0.6 is 0 Å². The van der Waals surface area contributed by atoms with Gasteiger partial charge < -0.3 is 14.5 Å². The highest BCUT2D eigenvalue weighted by Crippen LogP contribution is 2.34. The minimum atomic E-state index is 0.581. The van der Waals surface area contributed by atoms with Gasteiger partial charge in [0.15, 0.2) is 17.1 Å². The van der Waals surface area contributed by atoms with Gasteiger partial charge in [-0.3, -0.25) is 0 Å². The molecule has 0 fully saturated rings. The normalized spacial score (nSPS) is 13.7. The van der Waals surface area contributed by atoms with Crippen LogP contribution < -0.4 is 9.47 Å². The molecule has 4 rings (SSSR count).